The Bertz CT molecular complexity index is 789. The molecule has 0 aromatic heterocycles. The van der Waals surface area contributed by atoms with Gasteiger partial charge in [-0.25, -0.2) is 0 Å². The van der Waals surface area contributed by atoms with Crippen molar-refractivity contribution in [2.75, 3.05) is 25.7 Å². The number of nitrogens with one attached hydrogen (secondary N) is 1. The number of amides is 2. The van der Waals surface area contributed by atoms with Gasteiger partial charge in [0.25, 0.3) is 0 Å². The predicted octanol–water partition coefficient (Wildman–Crippen LogP) is 2.37. The Hall–Kier alpha value is -3.02. The molecule has 1 aliphatic rings. The molecule has 1 fully saturated rings. The SMILES string of the molecule is COc1ccc(CNC(=O)[C@H]2CC(=O)N(c3ccccc3OC)C2)cc1. The third kappa shape index (κ3) is 3.79. The lowest BCUT2D eigenvalue weighted by molar-refractivity contribution is -0.126. The Kier molecular flexibility index (Phi) is 5.41. The summed E-state index contributed by atoms with van der Waals surface area (Å²) in [5.74, 6) is 0.838. The van der Waals surface area contributed by atoms with E-state index in [1.165, 1.54) is 0 Å². The van der Waals surface area contributed by atoms with Crippen molar-refractivity contribution in [3.05, 3.63) is 54.1 Å². The molecule has 6 nitrogen and oxygen atoms in total. The van der Waals surface area contributed by atoms with Crippen molar-refractivity contribution in [1.29, 1.82) is 0 Å². The molecule has 0 aliphatic carbocycles. The summed E-state index contributed by atoms with van der Waals surface area (Å²) < 4.78 is 10.4. The minimum absolute atomic E-state index is 0.0703. The monoisotopic (exact) mass is 354 g/mol. The summed E-state index contributed by atoms with van der Waals surface area (Å²) in [5, 5.41) is 2.91. The normalized spacial score (nSPS) is 16.5. The number of carbonyl (C=O) groups excluding carboxylic acids is 2. The van der Waals surface area contributed by atoms with Crippen LogP contribution in [0.25, 0.3) is 0 Å². The van der Waals surface area contributed by atoms with E-state index in [0.29, 0.717) is 24.5 Å². The number of hydrogen-bond donors (Lipinski definition) is 1. The number of para-hydroxylation sites is 2. The van der Waals surface area contributed by atoms with Crippen molar-refractivity contribution in [2.24, 2.45) is 5.92 Å². The van der Waals surface area contributed by atoms with E-state index in [0.717, 1.165) is 11.3 Å². The van der Waals surface area contributed by atoms with Gasteiger partial charge >= 0.3 is 0 Å². The van der Waals surface area contributed by atoms with Gasteiger partial charge in [-0.1, -0.05) is 24.3 Å². The maximum atomic E-state index is 12.5. The molecule has 2 aromatic rings. The summed E-state index contributed by atoms with van der Waals surface area (Å²) in [6, 6.07) is 14.8. The number of carbonyl (C=O) groups is 2. The molecule has 0 unspecified atom stereocenters. The lowest BCUT2D eigenvalue weighted by Crippen LogP contribution is -2.32. The fraction of sp³-hybridized carbons (Fsp3) is 0.300. The third-order valence-electron chi connectivity index (χ3n) is 4.50. The molecule has 1 N–H and O–H groups in total. The molecule has 0 bridgehead atoms. The first-order valence-corrected chi connectivity index (χ1v) is 8.46. The van der Waals surface area contributed by atoms with Crippen molar-refractivity contribution >= 4 is 17.5 Å². The number of hydrogen-bond acceptors (Lipinski definition) is 4. The van der Waals surface area contributed by atoms with Crippen LogP contribution in [0.3, 0.4) is 0 Å². The highest BCUT2D eigenvalue weighted by molar-refractivity contribution is 6.01. The van der Waals surface area contributed by atoms with E-state index in [1.807, 2.05) is 42.5 Å². The molecule has 0 spiro atoms. The van der Waals surface area contributed by atoms with Crippen molar-refractivity contribution in [2.45, 2.75) is 13.0 Å². The van der Waals surface area contributed by atoms with Gasteiger partial charge in [0.2, 0.25) is 11.8 Å². The lowest BCUT2D eigenvalue weighted by atomic mass is 10.1. The second kappa shape index (κ2) is 7.91. The zero-order chi connectivity index (χ0) is 18.5. The van der Waals surface area contributed by atoms with Crippen LogP contribution in [-0.2, 0) is 16.1 Å². The van der Waals surface area contributed by atoms with E-state index in [2.05, 4.69) is 5.32 Å². The van der Waals surface area contributed by atoms with E-state index in [-0.39, 0.29) is 24.2 Å². The summed E-state index contributed by atoms with van der Waals surface area (Å²) in [4.78, 5) is 26.5. The van der Waals surface area contributed by atoms with Crippen LogP contribution in [0.5, 0.6) is 11.5 Å². The number of methoxy groups -OCH3 is 2. The van der Waals surface area contributed by atoms with Crippen LogP contribution in [0.2, 0.25) is 0 Å². The predicted molar refractivity (Wildman–Crippen MR) is 98.3 cm³/mol. The Morgan fingerprint density at radius 1 is 1.12 bits per heavy atom. The Balaban J connectivity index is 1.61. The van der Waals surface area contributed by atoms with Gasteiger partial charge in [0.05, 0.1) is 25.8 Å². The van der Waals surface area contributed by atoms with Crippen LogP contribution < -0.4 is 19.7 Å². The van der Waals surface area contributed by atoms with E-state index in [9.17, 15) is 9.59 Å². The molecule has 1 aliphatic heterocycles. The first-order valence-electron chi connectivity index (χ1n) is 8.46. The van der Waals surface area contributed by atoms with Crippen LogP contribution in [0, 0.1) is 5.92 Å². The number of anilines is 1. The van der Waals surface area contributed by atoms with E-state index in [1.54, 1.807) is 25.2 Å². The molecular weight excluding hydrogens is 332 g/mol. The third-order valence-corrected chi connectivity index (χ3v) is 4.50. The van der Waals surface area contributed by atoms with Crippen LogP contribution in [0.1, 0.15) is 12.0 Å². The molecule has 0 saturated carbocycles. The highest BCUT2D eigenvalue weighted by Crippen LogP contribution is 2.32. The summed E-state index contributed by atoms with van der Waals surface area (Å²) in [6.45, 7) is 0.774. The second-order valence-corrected chi connectivity index (χ2v) is 6.14. The molecule has 26 heavy (non-hydrogen) atoms. The summed E-state index contributed by atoms with van der Waals surface area (Å²) in [6.07, 6.45) is 0.201. The van der Waals surface area contributed by atoms with Crippen molar-refractivity contribution in [3.8, 4) is 11.5 Å². The maximum absolute atomic E-state index is 12.5. The zero-order valence-electron chi connectivity index (χ0n) is 14.9. The molecule has 1 heterocycles. The number of ether oxygens (including phenoxy) is 2. The van der Waals surface area contributed by atoms with Crippen molar-refractivity contribution < 1.29 is 19.1 Å². The van der Waals surface area contributed by atoms with Gasteiger partial charge < -0.3 is 19.7 Å². The molecule has 2 amide bonds. The average molecular weight is 354 g/mol. The summed E-state index contributed by atoms with van der Waals surface area (Å²) >= 11 is 0. The fourth-order valence-electron chi connectivity index (χ4n) is 3.05. The van der Waals surface area contributed by atoms with Gasteiger partial charge in [0.1, 0.15) is 11.5 Å². The van der Waals surface area contributed by atoms with Crippen LogP contribution in [0.15, 0.2) is 48.5 Å². The lowest BCUT2D eigenvalue weighted by Gasteiger charge is -2.19. The molecule has 1 saturated heterocycles. The molecule has 0 radical (unpaired) electrons. The molecular formula is C20H22N2O4. The van der Waals surface area contributed by atoms with Gasteiger partial charge in [0.15, 0.2) is 0 Å². The number of nitrogens with zero attached hydrogens (tertiary/aromatic N) is 1. The first-order chi connectivity index (χ1) is 12.6. The van der Waals surface area contributed by atoms with E-state index >= 15 is 0 Å². The summed E-state index contributed by atoms with van der Waals surface area (Å²) in [5.41, 5.74) is 1.68. The zero-order valence-corrected chi connectivity index (χ0v) is 14.9. The van der Waals surface area contributed by atoms with Gasteiger partial charge in [-0.2, -0.15) is 0 Å². The second-order valence-electron chi connectivity index (χ2n) is 6.14. The molecule has 3 rings (SSSR count). The smallest absolute Gasteiger partial charge is 0.227 e. The summed E-state index contributed by atoms with van der Waals surface area (Å²) in [7, 11) is 3.18. The van der Waals surface area contributed by atoms with Crippen LogP contribution in [0.4, 0.5) is 5.69 Å². The quantitative estimate of drug-likeness (QED) is 0.865. The van der Waals surface area contributed by atoms with Crippen LogP contribution >= 0.6 is 0 Å². The van der Waals surface area contributed by atoms with E-state index < -0.39 is 0 Å². The molecule has 2 aromatic carbocycles. The molecule has 136 valence electrons. The topological polar surface area (TPSA) is 67.9 Å². The van der Waals surface area contributed by atoms with Crippen molar-refractivity contribution in [1.82, 2.24) is 5.32 Å². The number of benzene rings is 2. The largest absolute Gasteiger partial charge is 0.497 e. The Labute approximate surface area is 152 Å². The molecule has 1 atom stereocenters. The standard InChI is InChI=1S/C20H22N2O4/c1-25-16-9-7-14(8-10-16)12-21-20(24)15-11-19(23)22(13-15)17-5-3-4-6-18(17)26-2/h3-10,15H,11-13H2,1-2H3,(H,21,24)/t15-/m0/s1. The van der Waals surface area contributed by atoms with Gasteiger partial charge in [0, 0.05) is 19.5 Å². The average Bonchev–Trinajstić information content (AvgIpc) is 3.08. The van der Waals surface area contributed by atoms with Crippen molar-refractivity contribution in [3.63, 3.8) is 0 Å². The van der Waals surface area contributed by atoms with Gasteiger partial charge in [-0.3, -0.25) is 9.59 Å². The Morgan fingerprint density at radius 2 is 1.85 bits per heavy atom. The fourth-order valence-corrected chi connectivity index (χ4v) is 3.05. The number of rotatable bonds is 6. The maximum Gasteiger partial charge on any atom is 0.227 e. The highest BCUT2D eigenvalue weighted by Gasteiger charge is 2.36. The van der Waals surface area contributed by atoms with Gasteiger partial charge in [-0.05, 0) is 29.8 Å². The minimum atomic E-state index is -0.370. The van der Waals surface area contributed by atoms with Crippen LogP contribution in [-0.4, -0.2) is 32.6 Å². The van der Waals surface area contributed by atoms with E-state index in [4.69, 9.17) is 9.47 Å². The molecule has 6 heteroatoms. The Morgan fingerprint density at radius 3 is 2.54 bits per heavy atom. The van der Waals surface area contributed by atoms with Gasteiger partial charge in [-0.15, -0.1) is 0 Å². The minimum Gasteiger partial charge on any atom is -0.497 e. The highest BCUT2D eigenvalue weighted by atomic mass is 16.5. The first kappa shape index (κ1) is 17.8.